The van der Waals surface area contributed by atoms with Gasteiger partial charge in [-0.2, -0.15) is 0 Å². The average molecular weight is 215 g/mol. The summed E-state index contributed by atoms with van der Waals surface area (Å²) in [6, 6.07) is 1.85. The highest BCUT2D eigenvalue weighted by atomic mass is 35.5. The highest BCUT2D eigenvalue weighted by Gasteiger charge is 2.01. The van der Waals surface area contributed by atoms with E-state index < -0.39 is 0 Å². The second kappa shape index (κ2) is 5.17. The van der Waals surface area contributed by atoms with E-state index in [0.717, 1.165) is 12.1 Å². The molecule has 4 heteroatoms. The van der Waals surface area contributed by atoms with Crippen LogP contribution in [0.15, 0.2) is 12.3 Å². The van der Waals surface area contributed by atoms with Gasteiger partial charge >= 0.3 is 0 Å². The van der Waals surface area contributed by atoms with Crippen LogP contribution in [0.2, 0.25) is 5.02 Å². The third kappa shape index (κ3) is 3.52. The van der Waals surface area contributed by atoms with Crippen LogP contribution >= 0.6 is 11.6 Å². The van der Waals surface area contributed by atoms with Crippen LogP contribution in [-0.2, 0) is 0 Å². The van der Waals surface area contributed by atoms with Crippen LogP contribution in [0.4, 0.5) is 0 Å². The number of aromatic nitrogens is 1. The largest absolute Gasteiger partial charge is 0.476 e. The first-order valence-electron chi connectivity index (χ1n) is 4.49. The SMILES string of the molecule is Cc1cc(Cl)cnc1OCCN(C)C. The van der Waals surface area contributed by atoms with E-state index in [0.29, 0.717) is 17.5 Å². The highest BCUT2D eigenvalue weighted by Crippen LogP contribution is 2.17. The minimum Gasteiger partial charge on any atom is -0.476 e. The summed E-state index contributed by atoms with van der Waals surface area (Å²) in [7, 11) is 4.01. The maximum absolute atomic E-state index is 5.78. The number of ether oxygens (including phenoxy) is 1. The van der Waals surface area contributed by atoms with E-state index in [-0.39, 0.29) is 0 Å². The van der Waals surface area contributed by atoms with Crippen molar-refractivity contribution in [1.82, 2.24) is 9.88 Å². The lowest BCUT2D eigenvalue weighted by Crippen LogP contribution is -2.19. The van der Waals surface area contributed by atoms with E-state index in [4.69, 9.17) is 16.3 Å². The number of nitrogens with zero attached hydrogens (tertiary/aromatic N) is 2. The molecule has 0 aromatic carbocycles. The van der Waals surface area contributed by atoms with Crippen LogP contribution in [0.3, 0.4) is 0 Å². The maximum atomic E-state index is 5.78. The number of aryl methyl sites for hydroxylation is 1. The first-order valence-corrected chi connectivity index (χ1v) is 4.87. The van der Waals surface area contributed by atoms with Gasteiger partial charge in [-0.3, -0.25) is 0 Å². The van der Waals surface area contributed by atoms with Gasteiger partial charge in [-0.05, 0) is 27.1 Å². The summed E-state index contributed by atoms with van der Waals surface area (Å²) >= 11 is 5.78. The molecule has 0 radical (unpaired) electrons. The van der Waals surface area contributed by atoms with Crippen molar-refractivity contribution in [3.63, 3.8) is 0 Å². The Morgan fingerprint density at radius 2 is 2.21 bits per heavy atom. The minimum atomic E-state index is 0.641. The lowest BCUT2D eigenvalue weighted by Gasteiger charge is -2.11. The van der Waals surface area contributed by atoms with E-state index >= 15 is 0 Å². The standard InChI is InChI=1S/C10H15ClN2O/c1-8-6-9(11)7-12-10(8)14-5-4-13(2)3/h6-7H,4-5H2,1-3H3. The Hall–Kier alpha value is -0.800. The zero-order chi connectivity index (χ0) is 10.6. The van der Waals surface area contributed by atoms with Crippen LogP contribution in [0.1, 0.15) is 5.56 Å². The summed E-state index contributed by atoms with van der Waals surface area (Å²) in [5.41, 5.74) is 0.969. The zero-order valence-corrected chi connectivity index (χ0v) is 9.51. The number of hydrogen-bond acceptors (Lipinski definition) is 3. The van der Waals surface area contributed by atoms with E-state index in [1.165, 1.54) is 0 Å². The van der Waals surface area contributed by atoms with Crippen molar-refractivity contribution in [3.05, 3.63) is 22.8 Å². The molecule has 0 N–H and O–H groups in total. The number of likely N-dealkylation sites (N-methyl/N-ethyl adjacent to an activating group) is 1. The molecule has 0 bridgehead atoms. The van der Waals surface area contributed by atoms with Crippen molar-refractivity contribution in [1.29, 1.82) is 0 Å². The van der Waals surface area contributed by atoms with E-state index in [1.54, 1.807) is 6.20 Å². The molecule has 0 spiro atoms. The monoisotopic (exact) mass is 214 g/mol. The first kappa shape index (κ1) is 11.3. The van der Waals surface area contributed by atoms with E-state index in [2.05, 4.69) is 9.88 Å². The molecule has 0 unspecified atom stereocenters. The molecule has 0 aliphatic heterocycles. The molecule has 0 aliphatic carbocycles. The Bertz CT molecular complexity index is 302. The summed E-state index contributed by atoms with van der Waals surface area (Å²) in [6.45, 7) is 3.45. The van der Waals surface area contributed by atoms with Crippen molar-refractivity contribution < 1.29 is 4.74 Å². The molecule has 14 heavy (non-hydrogen) atoms. The zero-order valence-electron chi connectivity index (χ0n) is 8.75. The third-order valence-corrected chi connectivity index (χ3v) is 1.98. The second-order valence-electron chi connectivity index (χ2n) is 3.43. The predicted octanol–water partition coefficient (Wildman–Crippen LogP) is 1.98. The molecular weight excluding hydrogens is 200 g/mol. The average Bonchev–Trinajstić information content (AvgIpc) is 2.08. The van der Waals surface area contributed by atoms with Gasteiger partial charge in [-0.25, -0.2) is 4.98 Å². The second-order valence-corrected chi connectivity index (χ2v) is 3.86. The van der Waals surface area contributed by atoms with Crippen LogP contribution < -0.4 is 4.74 Å². The first-order chi connectivity index (χ1) is 6.59. The lowest BCUT2D eigenvalue weighted by molar-refractivity contribution is 0.252. The fourth-order valence-corrected chi connectivity index (χ4v) is 1.22. The number of halogens is 1. The molecule has 0 fully saturated rings. The molecule has 0 aliphatic rings. The molecule has 1 heterocycles. The van der Waals surface area contributed by atoms with Crippen molar-refractivity contribution in [2.24, 2.45) is 0 Å². The molecule has 78 valence electrons. The molecule has 1 rings (SSSR count). The van der Waals surface area contributed by atoms with Gasteiger partial charge in [-0.15, -0.1) is 0 Å². The van der Waals surface area contributed by atoms with Gasteiger partial charge in [0.25, 0.3) is 0 Å². The summed E-state index contributed by atoms with van der Waals surface area (Å²) < 4.78 is 5.49. The lowest BCUT2D eigenvalue weighted by atomic mass is 10.3. The number of hydrogen-bond donors (Lipinski definition) is 0. The molecule has 3 nitrogen and oxygen atoms in total. The van der Waals surface area contributed by atoms with Gasteiger partial charge in [0.2, 0.25) is 5.88 Å². The Morgan fingerprint density at radius 3 is 2.79 bits per heavy atom. The fourth-order valence-electron chi connectivity index (χ4n) is 1.00. The molecule has 0 atom stereocenters. The fraction of sp³-hybridized carbons (Fsp3) is 0.500. The summed E-state index contributed by atoms with van der Waals surface area (Å²) in [6.07, 6.45) is 1.60. The van der Waals surface area contributed by atoms with Crippen LogP contribution in [-0.4, -0.2) is 37.1 Å². The topological polar surface area (TPSA) is 25.4 Å². The van der Waals surface area contributed by atoms with Gasteiger partial charge in [0.15, 0.2) is 0 Å². The van der Waals surface area contributed by atoms with Crippen molar-refractivity contribution >= 4 is 11.6 Å². The molecule has 1 aromatic heterocycles. The quantitative estimate of drug-likeness (QED) is 0.767. The van der Waals surface area contributed by atoms with Gasteiger partial charge in [0, 0.05) is 18.3 Å². The van der Waals surface area contributed by atoms with Crippen molar-refractivity contribution in [3.8, 4) is 5.88 Å². The van der Waals surface area contributed by atoms with Crippen LogP contribution in [0.5, 0.6) is 5.88 Å². The normalized spacial score (nSPS) is 10.6. The molecule has 0 saturated heterocycles. The molecular formula is C10H15ClN2O. The number of pyridine rings is 1. The van der Waals surface area contributed by atoms with Gasteiger partial charge in [-0.1, -0.05) is 11.6 Å². The van der Waals surface area contributed by atoms with Crippen molar-refractivity contribution in [2.75, 3.05) is 27.2 Å². The summed E-state index contributed by atoms with van der Waals surface area (Å²) in [5, 5.41) is 0.641. The minimum absolute atomic E-state index is 0.641. The maximum Gasteiger partial charge on any atom is 0.216 e. The molecule has 1 aromatic rings. The Kier molecular flexibility index (Phi) is 4.17. The van der Waals surface area contributed by atoms with Gasteiger partial charge in [0.05, 0.1) is 5.02 Å². The molecule has 0 amide bonds. The van der Waals surface area contributed by atoms with Gasteiger partial charge < -0.3 is 9.64 Å². The molecule has 0 saturated carbocycles. The van der Waals surface area contributed by atoms with E-state index in [9.17, 15) is 0 Å². The highest BCUT2D eigenvalue weighted by molar-refractivity contribution is 6.30. The Morgan fingerprint density at radius 1 is 1.50 bits per heavy atom. The Balaban J connectivity index is 2.51. The van der Waals surface area contributed by atoms with Crippen molar-refractivity contribution in [2.45, 2.75) is 6.92 Å². The summed E-state index contributed by atoms with van der Waals surface area (Å²) in [4.78, 5) is 6.16. The summed E-state index contributed by atoms with van der Waals surface area (Å²) in [5.74, 6) is 0.663. The van der Waals surface area contributed by atoms with E-state index in [1.807, 2.05) is 27.1 Å². The van der Waals surface area contributed by atoms with Gasteiger partial charge in [0.1, 0.15) is 6.61 Å². The Labute approximate surface area is 89.7 Å². The smallest absolute Gasteiger partial charge is 0.216 e. The third-order valence-electron chi connectivity index (χ3n) is 1.77. The number of rotatable bonds is 4. The predicted molar refractivity (Wildman–Crippen MR) is 58.0 cm³/mol. The van der Waals surface area contributed by atoms with Crippen LogP contribution in [0.25, 0.3) is 0 Å². The van der Waals surface area contributed by atoms with Crippen LogP contribution in [0, 0.1) is 6.92 Å².